The number of rotatable bonds is 8. The lowest BCUT2D eigenvalue weighted by Gasteiger charge is -2.17. The van der Waals surface area contributed by atoms with Crippen molar-refractivity contribution in [3.05, 3.63) is 42.0 Å². The molecule has 1 aliphatic heterocycles. The Hall–Kier alpha value is -3.79. The predicted octanol–water partition coefficient (Wildman–Crippen LogP) is 1.29. The van der Waals surface area contributed by atoms with E-state index in [2.05, 4.69) is 10.9 Å². The molecule has 0 aromatic heterocycles. The Bertz CT molecular complexity index is 983. The van der Waals surface area contributed by atoms with Crippen LogP contribution >= 0.6 is 0 Å². The molecule has 164 valence electrons. The average Bonchev–Trinajstić information content (AvgIpc) is 3.08. The van der Waals surface area contributed by atoms with E-state index in [4.69, 9.17) is 18.9 Å². The number of amides is 3. The molecule has 3 rings (SSSR count). The summed E-state index contributed by atoms with van der Waals surface area (Å²) in [7, 11) is 5.83. The third-order valence-electron chi connectivity index (χ3n) is 4.74. The van der Waals surface area contributed by atoms with Gasteiger partial charge in [-0.1, -0.05) is 6.07 Å². The molecule has 1 atom stereocenters. The molecule has 2 aromatic rings. The molecule has 10 nitrogen and oxygen atoms in total. The zero-order valence-electron chi connectivity index (χ0n) is 17.6. The van der Waals surface area contributed by atoms with E-state index in [0.29, 0.717) is 28.7 Å². The number of anilines is 1. The fourth-order valence-electron chi connectivity index (χ4n) is 3.20. The third kappa shape index (κ3) is 4.38. The standard InChI is InChI=1S/C21H23N3O7/c1-28-14-7-5-6-13(10-14)24-18(25)11-15(21(24)27)22-23-20(26)12-8-16(29-2)19(31-4)17(9-12)30-3/h5-10,15,22H,11H2,1-4H3,(H,23,26)/t15-/m0/s1. The van der Waals surface area contributed by atoms with Gasteiger partial charge in [-0.25, -0.2) is 10.3 Å². The van der Waals surface area contributed by atoms with Gasteiger partial charge < -0.3 is 18.9 Å². The summed E-state index contributed by atoms with van der Waals surface area (Å²) >= 11 is 0. The quantitative estimate of drug-likeness (QED) is 0.477. The molecule has 3 amide bonds. The molecule has 0 saturated carbocycles. The highest BCUT2D eigenvalue weighted by Gasteiger charge is 2.40. The van der Waals surface area contributed by atoms with Gasteiger partial charge in [0, 0.05) is 11.6 Å². The molecule has 10 heteroatoms. The van der Waals surface area contributed by atoms with Gasteiger partial charge in [0.05, 0.1) is 40.5 Å². The van der Waals surface area contributed by atoms with Crippen LogP contribution in [0.15, 0.2) is 36.4 Å². The van der Waals surface area contributed by atoms with Crippen LogP contribution in [0, 0.1) is 0 Å². The van der Waals surface area contributed by atoms with Crippen LogP contribution < -0.4 is 34.7 Å². The molecule has 1 fully saturated rings. The van der Waals surface area contributed by atoms with E-state index in [1.807, 2.05) is 0 Å². The van der Waals surface area contributed by atoms with Crippen molar-refractivity contribution in [1.82, 2.24) is 10.9 Å². The highest BCUT2D eigenvalue weighted by molar-refractivity contribution is 6.22. The second kappa shape index (κ2) is 9.35. The number of nitrogens with zero attached hydrogens (tertiary/aromatic N) is 1. The molecule has 1 heterocycles. The number of benzene rings is 2. The van der Waals surface area contributed by atoms with Gasteiger partial charge in [-0.05, 0) is 24.3 Å². The lowest BCUT2D eigenvalue weighted by atomic mass is 10.1. The first-order valence-electron chi connectivity index (χ1n) is 9.30. The molecular weight excluding hydrogens is 406 g/mol. The van der Waals surface area contributed by atoms with Crippen molar-refractivity contribution >= 4 is 23.4 Å². The Morgan fingerprint density at radius 2 is 1.65 bits per heavy atom. The minimum atomic E-state index is -0.912. The summed E-state index contributed by atoms with van der Waals surface area (Å²) in [6, 6.07) is 8.65. The molecule has 31 heavy (non-hydrogen) atoms. The van der Waals surface area contributed by atoms with Crippen LogP contribution in [0.5, 0.6) is 23.0 Å². The van der Waals surface area contributed by atoms with E-state index in [1.165, 1.54) is 40.6 Å². The maximum atomic E-state index is 12.7. The molecule has 1 aliphatic rings. The van der Waals surface area contributed by atoms with Crippen LogP contribution in [0.4, 0.5) is 5.69 Å². The Kier molecular flexibility index (Phi) is 6.61. The summed E-state index contributed by atoms with van der Waals surface area (Å²) < 4.78 is 20.9. The number of ether oxygens (including phenoxy) is 4. The Morgan fingerprint density at radius 1 is 0.968 bits per heavy atom. The summed E-state index contributed by atoms with van der Waals surface area (Å²) in [6.45, 7) is 0. The summed E-state index contributed by atoms with van der Waals surface area (Å²) in [6.07, 6.45) is -0.106. The number of imide groups is 1. The lowest BCUT2D eigenvalue weighted by molar-refractivity contribution is -0.121. The van der Waals surface area contributed by atoms with Crippen molar-refractivity contribution in [2.45, 2.75) is 12.5 Å². The monoisotopic (exact) mass is 429 g/mol. The van der Waals surface area contributed by atoms with Gasteiger partial charge in [0.25, 0.3) is 11.8 Å². The second-order valence-electron chi connectivity index (χ2n) is 6.54. The largest absolute Gasteiger partial charge is 0.497 e. The summed E-state index contributed by atoms with van der Waals surface area (Å²) in [5.74, 6) is 0.0671. The van der Waals surface area contributed by atoms with E-state index >= 15 is 0 Å². The van der Waals surface area contributed by atoms with Crippen LogP contribution in [0.2, 0.25) is 0 Å². The van der Waals surface area contributed by atoms with Gasteiger partial charge in [0.1, 0.15) is 11.8 Å². The molecular formula is C21H23N3O7. The molecule has 0 bridgehead atoms. The maximum absolute atomic E-state index is 12.7. The van der Waals surface area contributed by atoms with Crippen LogP contribution in [0.25, 0.3) is 0 Å². The van der Waals surface area contributed by atoms with Gasteiger partial charge in [0.15, 0.2) is 11.5 Å². The van der Waals surface area contributed by atoms with Crippen LogP contribution in [0.1, 0.15) is 16.8 Å². The van der Waals surface area contributed by atoms with Crippen molar-refractivity contribution in [1.29, 1.82) is 0 Å². The van der Waals surface area contributed by atoms with Gasteiger partial charge >= 0.3 is 0 Å². The zero-order chi connectivity index (χ0) is 22.5. The van der Waals surface area contributed by atoms with Crippen molar-refractivity contribution in [2.24, 2.45) is 0 Å². The maximum Gasteiger partial charge on any atom is 0.265 e. The fraction of sp³-hybridized carbons (Fsp3) is 0.286. The van der Waals surface area contributed by atoms with E-state index < -0.39 is 23.8 Å². The third-order valence-corrected chi connectivity index (χ3v) is 4.74. The Balaban J connectivity index is 1.72. The molecule has 2 aromatic carbocycles. The summed E-state index contributed by atoms with van der Waals surface area (Å²) in [5.41, 5.74) is 5.71. The highest BCUT2D eigenvalue weighted by Crippen LogP contribution is 2.38. The highest BCUT2D eigenvalue weighted by atomic mass is 16.5. The summed E-state index contributed by atoms with van der Waals surface area (Å²) in [5, 5.41) is 0. The average molecular weight is 429 g/mol. The second-order valence-corrected chi connectivity index (χ2v) is 6.54. The zero-order valence-corrected chi connectivity index (χ0v) is 17.6. The number of hydrogen-bond acceptors (Lipinski definition) is 8. The Morgan fingerprint density at radius 3 is 2.23 bits per heavy atom. The fourth-order valence-corrected chi connectivity index (χ4v) is 3.20. The lowest BCUT2D eigenvalue weighted by Crippen LogP contribution is -2.48. The van der Waals surface area contributed by atoms with Crippen LogP contribution in [0.3, 0.4) is 0 Å². The molecule has 1 saturated heterocycles. The van der Waals surface area contributed by atoms with Gasteiger partial charge in [0.2, 0.25) is 11.7 Å². The van der Waals surface area contributed by atoms with Crippen molar-refractivity contribution in [3.63, 3.8) is 0 Å². The SMILES string of the molecule is COc1cccc(N2C(=O)C[C@H](NNC(=O)c3cc(OC)c(OC)c(OC)c3)C2=O)c1. The molecule has 2 N–H and O–H groups in total. The number of hydrazine groups is 1. The van der Waals surface area contributed by atoms with Gasteiger partial charge in [-0.15, -0.1) is 0 Å². The molecule has 0 spiro atoms. The normalized spacial score (nSPS) is 15.6. The van der Waals surface area contributed by atoms with Gasteiger partial charge in [-0.3, -0.25) is 19.8 Å². The van der Waals surface area contributed by atoms with E-state index in [9.17, 15) is 14.4 Å². The number of carbonyl (C=O) groups excluding carboxylic acids is 3. The van der Waals surface area contributed by atoms with E-state index in [1.54, 1.807) is 24.3 Å². The minimum absolute atomic E-state index is 0.106. The minimum Gasteiger partial charge on any atom is -0.497 e. The number of carbonyl (C=O) groups is 3. The van der Waals surface area contributed by atoms with Crippen molar-refractivity contribution < 1.29 is 33.3 Å². The molecule has 0 unspecified atom stereocenters. The van der Waals surface area contributed by atoms with Crippen molar-refractivity contribution in [2.75, 3.05) is 33.3 Å². The van der Waals surface area contributed by atoms with Gasteiger partial charge in [-0.2, -0.15) is 0 Å². The van der Waals surface area contributed by atoms with Crippen molar-refractivity contribution in [3.8, 4) is 23.0 Å². The molecule has 0 radical (unpaired) electrons. The first kappa shape index (κ1) is 21.9. The van der Waals surface area contributed by atoms with Crippen LogP contribution in [-0.2, 0) is 9.59 Å². The smallest absolute Gasteiger partial charge is 0.265 e. The van der Waals surface area contributed by atoms with E-state index in [-0.39, 0.29) is 12.0 Å². The number of nitrogens with one attached hydrogen (secondary N) is 2. The Labute approximate surface area is 179 Å². The predicted molar refractivity (Wildman–Crippen MR) is 111 cm³/mol. The first-order valence-corrected chi connectivity index (χ1v) is 9.30. The number of hydrogen-bond donors (Lipinski definition) is 2. The first-order chi connectivity index (χ1) is 14.9. The topological polar surface area (TPSA) is 115 Å². The summed E-state index contributed by atoms with van der Waals surface area (Å²) in [4.78, 5) is 38.8. The van der Waals surface area contributed by atoms with Crippen LogP contribution in [-0.4, -0.2) is 52.2 Å². The molecule has 0 aliphatic carbocycles. The number of methoxy groups -OCH3 is 4. The van der Waals surface area contributed by atoms with E-state index in [0.717, 1.165) is 4.90 Å².